The summed E-state index contributed by atoms with van der Waals surface area (Å²) in [5.74, 6) is 0.710. The van der Waals surface area contributed by atoms with Gasteiger partial charge in [0.1, 0.15) is 11.6 Å². The molecule has 0 radical (unpaired) electrons. The molecule has 0 bridgehead atoms. The molecule has 206 valence electrons. The Hall–Kier alpha value is -3.27. The van der Waals surface area contributed by atoms with Crippen LogP contribution < -0.4 is 10.9 Å². The summed E-state index contributed by atoms with van der Waals surface area (Å²) >= 11 is 0. The molecule has 3 aromatic rings. The molecule has 1 saturated heterocycles. The van der Waals surface area contributed by atoms with E-state index in [2.05, 4.69) is 10.5 Å². The van der Waals surface area contributed by atoms with Gasteiger partial charge in [0.05, 0.1) is 25.3 Å². The van der Waals surface area contributed by atoms with Gasteiger partial charge >= 0.3 is 6.09 Å². The number of aryl methyl sites for hydroxylation is 2. The summed E-state index contributed by atoms with van der Waals surface area (Å²) in [5, 5.41) is 7.81. The number of rotatable bonds is 7. The molecule has 2 aliphatic rings. The molecule has 1 fully saturated rings. The van der Waals surface area contributed by atoms with Gasteiger partial charge in [0.25, 0.3) is 5.56 Å². The van der Waals surface area contributed by atoms with Gasteiger partial charge in [-0.3, -0.25) is 13.8 Å². The van der Waals surface area contributed by atoms with E-state index in [1.807, 2.05) is 18.4 Å². The van der Waals surface area contributed by atoms with Gasteiger partial charge in [-0.25, -0.2) is 14.2 Å². The number of aromatic nitrogens is 3. The van der Waals surface area contributed by atoms with E-state index in [1.54, 1.807) is 6.07 Å². The summed E-state index contributed by atoms with van der Waals surface area (Å²) in [5.41, 5.74) is 2.94. The Labute approximate surface area is 222 Å². The molecule has 0 unspecified atom stereocenters. The van der Waals surface area contributed by atoms with Crippen LogP contribution in [0.5, 0.6) is 0 Å². The van der Waals surface area contributed by atoms with Crippen molar-refractivity contribution >= 4 is 17.1 Å². The maximum atomic E-state index is 13.6. The number of hydrogen-bond acceptors (Lipinski definition) is 6. The molecule has 0 saturated carbocycles. The number of fused-ring (bicyclic) bond motifs is 2. The normalized spacial score (nSPS) is 21.0. The van der Waals surface area contributed by atoms with Crippen LogP contribution in [0.25, 0.3) is 11.0 Å². The van der Waals surface area contributed by atoms with Crippen LogP contribution >= 0.6 is 0 Å². The van der Waals surface area contributed by atoms with Gasteiger partial charge in [-0.05, 0) is 38.8 Å². The first-order valence-electron chi connectivity index (χ1n) is 13.3. The Bertz CT molecular complexity index is 1340. The first kappa shape index (κ1) is 27.8. The highest BCUT2D eigenvalue weighted by atomic mass is 19.1. The number of ether oxygens (including phenoxy) is 1. The van der Waals surface area contributed by atoms with E-state index in [-0.39, 0.29) is 31.5 Å². The minimum atomic E-state index is -0.432. The number of likely N-dealkylation sites (tertiary alicyclic amines) is 1. The topological polar surface area (TPSA) is 99.2 Å². The number of piperidine rings is 1. The van der Waals surface area contributed by atoms with Crippen LogP contribution in [0.3, 0.4) is 0 Å². The zero-order chi connectivity index (χ0) is 26.0. The number of nitrogens with zero attached hydrogens (tertiary/aromatic N) is 4. The van der Waals surface area contributed by atoms with Gasteiger partial charge in [-0.1, -0.05) is 5.16 Å². The Balaban J connectivity index is 0.00000336. The fraction of sp³-hybridized carbons (Fsp3) is 0.536. The standard InChI is InChI=1S/C27H34FN5O4.CH3/c1-3-29-27(35)36-17-33(15-11-21-18(2)30-24-6-4-5-12-32(24)26(21)34)13-9-19(10-14-33)25-22-8-7-20(28)16-23(22)37-31-25;/h7-8,16,19H,3-6,9-15,17H2,1-2H3;1H3/q;-1/p+1. The van der Waals surface area contributed by atoms with Gasteiger partial charge in [0.2, 0.25) is 6.73 Å². The third-order valence-corrected chi connectivity index (χ3v) is 7.96. The fourth-order valence-corrected chi connectivity index (χ4v) is 5.79. The SMILES string of the molecule is CCNC(=O)OC[N+]1(CCc2c(C)nc3n(c2=O)CCCC3)CCC(c2noc3cc(F)ccc23)CC1.[CH3-]. The molecule has 10 heteroatoms. The minimum Gasteiger partial charge on any atom is -0.399 e. The van der Waals surface area contributed by atoms with Crippen molar-refractivity contribution < 1.29 is 22.9 Å². The van der Waals surface area contributed by atoms with Gasteiger partial charge in [0.15, 0.2) is 5.58 Å². The van der Waals surface area contributed by atoms with Crippen LogP contribution in [0, 0.1) is 20.2 Å². The summed E-state index contributed by atoms with van der Waals surface area (Å²) < 4.78 is 27.0. The Kier molecular flexibility index (Phi) is 8.50. The average molecular weight is 528 g/mol. The first-order valence-corrected chi connectivity index (χ1v) is 13.3. The van der Waals surface area contributed by atoms with Crippen LogP contribution in [-0.2, 0) is 24.1 Å². The molecule has 4 heterocycles. The lowest BCUT2D eigenvalue weighted by Crippen LogP contribution is -2.56. The second-order valence-electron chi connectivity index (χ2n) is 10.3. The van der Waals surface area contributed by atoms with Crippen molar-refractivity contribution in [2.75, 3.05) is 32.9 Å². The second-order valence-corrected chi connectivity index (χ2v) is 10.3. The van der Waals surface area contributed by atoms with Crippen molar-refractivity contribution in [1.29, 1.82) is 0 Å². The molecule has 2 aliphatic heterocycles. The zero-order valence-electron chi connectivity index (χ0n) is 22.6. The van der Waals surface area contributed by atoms with Crippen LogP contribution in [0.1, 0.15) is 61.3 Å². The maximum Gasteiger partial charge on any atom is 0.411 e. The largest absolute Gasteiger partial charge is 0.411 e. The van der Waals surface area contributed by atoms with Gasteiger partial charge < -0.3 is 22.0 Å². The van der Waals surface area contributed by atoms with Crippen molar-refractivity contribution in [3.05, 3.63) is 64.6 Å². The van der Waals surface area contributed by atoms with Crippen LogP contribution in [0.15, 0.2) is 27.5 Å². The van der Waals surface area contributed by atoms with Gasteiger partial charge in [-0.15, -0.1) is 0 Å². The molecule has 2 aromatic heterocycles. The number of amides is 1. The van der Waals surface area contributed by atoms with E-state index in [1.165, 1.54) is 12.1 Å². The predicted octanol–water partition coefficient (Wildman–Crippen LogP) is 4.26. The van der Waals surface area contributed by atoms with Gasteiger partial charge in [0, 0.05) is 67.4 Å². The number of quaternary nitrogens is 1. The maximum absolute atomic E-state index is 13.6. The summed E-state index contributed by atoms with van der Waals surface area (Å²) in [6.45, 7) is 7.44. The number of halogens is 1. The Morgan fingerprint density at radius 2 is 2.08 bits per heavy atom. The van der Waals surface area contributed by atoms with E-state index >= 15 is 0 Å². The predicted molar refractivity (Wildman–Crippen MR) is 142 cm³/mol. The van der Waals surface area contributed by atoms with Crippen molar-refractivity contribution in [3.63, 3.8) is 0 Å². The van der Waals surface area contributed by atoms with E-state index in [4.69, 9.17) is 14.2 Å². The van der Waals surface area contributed by atoms with Crippen LogP contribution in [-0.4, -0.2) is 58.2 Å². The first-order chi connectivity index (χ1) is 17.9. The highest BCUT2D eigenvalue weighted by Gasteiger charge is 2.37. The van der Waals surface area contributed by atoms with Gasteiger partial charge in [-0.2, -0.15) is 0 Å². The summed E-state index contributed by atoms with van der Waals surface area (Å²) in [4.78, 5) is 30.2. The minimum absolute atomic E-state index is 0. The highest BCUT2D eigenvalue weighted by Crippen LogP contribution is 2.35. The molecule has 0 atom stereocenters. The Morgan fingerprint density at radius 1 is 1.29 bits per heavy atom. The molecule has 0 spiro atoms. The number of nitrogens with one attached hydrogen (secondary N) is 1. The lowest BCUT2D eigenvalue weighted by molar-refractivity contribution is -0.947. The number of carbonyl (C=O) groups excluding carboxylic acids is 1. The lowest BCUT2D eigenvalue weighted by atomic mass is 9.90. The summed E-state index contributed by atoms with van der Waals surface area (Å²) in [7, 11) is 0. The fourth-order valence-electron chi connectivity index (χ4n) is 5.79. The summed E-state index contributed by atoms with van der Waals surface area (Å²) in [6, 6.07) is 4.52. The molecular formula is C28H38FN5O4. The van der Waals surface area contributed by atoms with E-state index in [0.717, 1.165) is 79.9 Å². The lowest BCUT2D eigenvalue weighted by Gasteiger charge is -2.42. The summed E-state index contributed by atoms with van der Waals surface area (Å²) in [6.07, 6.45) is 4.70. The highest BCUT2D eigenvalue weighted by molar-refractivity contribution is 5.79. The molecule has 38 heavy (non-hydrogen) atoms. The van der Waals surface area contributed by atoms with E-state index in [0.29, 0.717) is 29.6 Å². The van der Waals surface area contributed by atoms with E-state index in [9.17, 15) is 14.0 Å². The molecule has 9 nitrogen and oxygen atoms in total. The van der Waals surface area contributed by atoms with Crippen LogP contribution in [0.2, 0.25) is 0 Å². The molecule has 5 rings (SSSR count). The average Bonchev–Trinajstić information content (AvgIpc) is 3.31. The zero-order valence-corrected chi connectivity index (χ0v) is 22.6. The molecule has 1 aromatic carbocycles. The van der Waals surface area contributed by atoms with Crippen molar-refractivity contribution in [2.45, 2.75) is 64.8 Å². The Morgan fingerprint density at radius 3 is 2.84 bits per heavy atom. The number of carbonyl (C=O) groups is 1. The number of alkyl carbamates (subject to hydrolysis) is 1. The third-order valence-electron chi connectivity index (χ3n) is 7.96. The number of benzene rings is 1. The molecule has 1 N–H and O–H groups in total. The number of hydrogen-bond donors (Lipinski definition) is 1. The monoisotopic (exact) mass is 527 g/mol. The van der Waals surface area contributed by atoms with Crippen LogP contribution in [0.4, 0.5) is 9.18 Å². The molecule has 0 aliphatic carbocycles. The van der Waals surface area contributed by atoms with E-state index < -0.39 is 6.09 Å². The third kappa shape index (κ3) is 5.60. The van der Waals surface area contributed by atoms with Crippen molar-refractivity contribution in [2.24, 2.45) is 0 Å². The smallest absolute Gasteiger partial charge is 0.399 e. The molecular weight excluding hydrogens is 489 g/mol. The second kappa shape index (κ2) is 11.6. The quantitative estimate of drug-likeness (QED) is 0.364. The van der Waals surface area contributed by atoms with Crippen molar-refractivity contribution in [1.82, 2.24) is 20.0 Å². The molecule has 1 amide bonds. The van der Waals surface area contributed by atoms with Crippen molar-refractivity contribution in [3.8, 4) is 0 Å².